The molecule has 4 aliphatic rings. The summed E-state index contributed by atoms with van der Waals surface area (Å²) in [4.78, 5) is 37.4. The first-order valence-corrected chi connectivity index (χ1v) is 22.2. The Hall–Kier alpha value is -4.26. The van der Waals surface area contributed by atoms with Crippen LogP contribution in [0.25, 0.3) is 0 Å². The number of aromatic nitrogens is 4. The average molecular weight is 880 g/mol. The molecule has 61 heavy (non-hydrogen) atoms. The molecule has 0 radical (unpaired) electrons. The van der Waals surface area contributed by atoms with Crippen LogP contribution in [0.4, 0.5) is 23.5 Å². The molecule has 2 N–H and O–H groups in total. The van der Waals surface area contributed by atoms with E-state index in [9.17, 15) is 10.2 Å². The van der Waals surface area contributed by atoms with Crippen LogP contribution >= 0.6 is 23.2 Å². The van der Waals surface area contributed by atoms with Crippen LogP contribution < -0.4 is 29.1 Å². The summed E-state index contributed by atoms with van der Waals surface area (Å²) < 4.78 is 12.3. The Morgan fingerprint density at radius 1 is 0.508 bits per heavy atom. The van der Waals surface area contributed by atoms with Crippen LogP contribution in [0.2, 0.25) is 10.0 Å². The Balaban J connectivity index is 0.000000184. The Bertz CT molecular complexity index is 1940. The van der Waals surface area contributed by atoms with Crippen LogP contribution in [0.1, 0.15) is 6.92 Å². The van der Waals surface area contributed by atoms with Gasteiger partial charge in [-0.15, -0.1) is 0 Å². The molecular weight excluding hydrogens is 819 g/mol. The Morgan fingerprint density at radius 2 is 0.869 bits per heavy atom. The molecule has 4 saturated heterocycles. The molecule has 4 aromatic rings. The number of aliphatic hydroxyl groups excluding tert-OH is 2. The summed E-state index contributed by atoms with van der Waals surface area (Å²) >= 11 is 12.0. The topological polar surface area (TPSA) is 136 Å². The van der Waals surface area contributed by atoms with Crippen molar-refractivity contribution in [2.45, 2.75) is 6.92 Å². The van der Waals surface area contributed by atoms with E-state index in [2.05, 4.69) is 63.1 Å². The van der Waals surface area contributed by atoms with Gasteiger partial charge in [-0.2, -0.15) is 9.97 Å². The fraction of sp³-hybridized carbons (Fsp3) is 0.535. The number of anilines is 4. The normalized spacial score (nSPS) is 18.5. The lowest BCUT2D eigenvalue weighted by molar-refractivity contribution is 0.188. The number of likely N-dealkylation sites (N-methyl/N-ethyl adjacent to an activating group) is 2. The molecule has 0 aliphatic carbocycles. The summed E-state index contributed by atoms with van der Waals surface area (Å²) in [7, 11) is 2.14. The third kappa shape index (κ3) is 12.4. The van der Waals surface area contributed by atoms with Crippen molar-refractivity contribution < 1.29 is 19.7 Å². The molecule has 16 nitrogen and oxygen atoms in total. The summed E-state index contributed by atoms with van der Waals surface area (Å²) in [5.74, 6) is 5.85. The van der Waals surface area contributed by atoms with E-state index in [0.717, 1.165) is 135 Å². The van der Waals surface area contributed by atoms with Gasteiger partial charge >= 0.3 is 0 Å². The summed E-state index contributed by atoms with van der Waals surface area (Å²) in [6, 6.07) is 14.6. The molecule has 0 spiro atoms. The van der Waals surface area contributed by atoms with Crippen molar-refractivity contribution in [1.29, 1.82) is 0 Å². The van der Waals surface area contributed by atoms with Crippen molar-refractivity contribution in [2.24, 2.45) is 0 Å². The molecule has 2 aromatic heterocycles. The zero-order valence-electron chi connectivity index (χ0n) is 35.5. The van der Waals surface area contributed by atoms with E-state index < -0.39 is 0 Å². The summed E-state index contributed by atoms with van der Waals surface area (Å²) in [6.07, 6.45) is 3.57. The number of ether oxygens (including phenoxy) is 2. The number of aliphatic hydroxyl groups is 2. The number of halogens is 2. The molecule has 0 saturated carbocycles. The van der Waals surface area contributed by atoms with E-state index in [4.69, 9.17) is 42.6 Å². The quantitative estimate of drug-likeness (QED) is 0.200. The molecular formula is C43H60Cl2N12O4. The largest absolute Gasteiger partial charge is 0.452 e. The number of rotatable bonds is 13. The third-order valence-electron chi connectivity index (χ3n) is 11.6. The third-order valence-corrected chi connectivity index (χ3v) is 12.1. The molecule has 4 aliphatic heterocycles. The van der Waals surface area contributed by atoms with Crippen molar-refractivity contribution in [3.63, 3.8) is 0 Å². The van der Waals surface area contributed by atoms with E-state index in [-0.39, 0.29) is 13.2 Å². The van der Waals surface area contributed by atoms with Crippen LogP contribution in [0.3, 0.4) is 0 Å². The van der Waals surface area contributed by atoms with Gasteiger partial charge in [-0.05, 0) is 62.1 Å². The Morgan fingerprint density at radius 3 is 1.25 bits per heavy atom. The maximum Gasteiger partial charge on any atom is 0.227 e. The van der Waals surface area contributed by atoms with Gasteiger partial charge in [0.15, 0.2) is 23.1 Å². The monoisotopic (exact) mass is 878 g/mol. The number of benzene rings is 2. The van der Waals surface area contributed by atoms with Gasteiger partial charge in [0.1, 0.15) is 11.5 Å². The van der Waals surface area contributed by atoms with Crippen molar-refractivity contribution >= 4 is 46.7 Å². The molecule has 0 bridgehead atoms. The number of hydrogen-bond donors (Lipinski definition) is 2. The summed E-state index contributed by atoms with van der Waals surface area (Å²) in [6.45, 7) is 19.7. The zero-order chi connectivity index (χ0) is 42.6. The fourth-order valence-electron chi connectivity index (χ4n) is 7.79. The second-order valence-corrected chi connectivity index (χ2v) is 16.5. The molecule has 0 amide bonds. The predicted octanol–water partition coefficient (Wildman–Crippen LogP) is 3.97. The fourth-order valence-corrected chi connectivity index (χ4v) is 8.04. The molecule has 4 fully saturated rings. The SMILES string of the molecule is CCN1CCN(c2ncc(Oc3ccc(Cl)cc3)c(N3CCN(CCO)CC3)n2)CC1.CN1CCN(c2ncc(Oc3ccc(Cl)cc3)c(N3CCN(CCO)CC3)n2)CC1. The van der Waals surface area contributed by atoms with Crippen molar-refractivity contribution in [3.05, 3.63) is 71.0 Å². The lowest BCUT2D eigenvalue weighted by atomic mass is 10.3. The van der Waals surface area contributed by atoms with E-state index >= 15 is 0 Å². The van der Waals surface area contributed by atoms with Crippen LogP contribution in [-0.4, -0.2) is 194 Å². The molecule has 18 heteroatoms. The second kappa shape index (κ2) is 22.2. The summed E-state index contributed by atoms with van der Waals surface area (Å²) in [5.41, 5.74) is 0. The molecule has 0 atom stereocenters. The van der Waals surface area contributed by atoms with Crippen LogP contribution in [0.15, 0.2) is 60.9 Å². The second-order valence-electron chi connectivity index (χ2n) is 15.6. The first-order chi connectivity index (χ1) is 29.8. The van der Waals surface area contributed by atoms with Crippen molar-refractivity contribution in [3.8, 4) is 23.0 Å². The highest BCUT2D eigenvalue weighted by Crippen LogP contribution is 2.35. The highest BCUT2D eigenvalue weighted by atomic mass is 35.5. The molecule has 0 unspecified atom stereocenters. The standard InChI is InChI=1S/C22H31ClN6O2.C21H29ClN6O2/c1-2-26-7-13-29(14-8-26)22-24-17-20(31-19-5-3-18(23)4-6-19)21(25-22)28-11-9-27(10-12-28)15-16-30;1-25-6-10-28(11-7-25)21-23-16-19(30-18-4-2-17(22)3-5-18)20(24-21)27-12-8-26(9-13-27)14-15-29/h3-6,17,30H,2,7-16H2,1H3;2-5,16,29H,6-15H2,1H3. The number of nitrogens with zero attached hydrogens (tertiary/aromatic N) is 12. The average Bonchev–Trinajstić information content (AvgIpc) is 3.29. The van der Waals surface area contributed by atoms with Gasteiger partial charge < -0.3 is 49.1 Å². The Labute approximate surface area is 369 Å². The van der Waals surface area contributed by atoms with E-state index in [1.165, 1.54) is 0 Å². The van der Waals surface area contributed by atoms with Crippen molar-refractivity contribution in [1.82, 2.24) is 39.5 Å². The minimum absolute atomic E-state index is 0.186. The van der Waals surface area contributed by atoms with Crippen LogP contribution in [-0.2, 0) is 0 Å². The van der Waals surface area contributed by atoms with Crippen LogP contribution in [0, 0.1) is 0 Å². The first kappa shape index (κ1) is 44.8. The number of piperazine rings is 4. The van der Waals surface area contributed by atoms with E-state index in [1.807, 2.05) is 48.5 Å². The molecule has 8 rings (SSSR count). The smallest absolute Gasteiger partial charge is 0.227 e. The van der Waals surface area contributed by atoms with Gasteiger partial charge in [0.2, 0.25) is 11.9 Å². The van der Waals surface area contributed by atoms with Crippen molar-refractivity contribution in [2.75, 3.05) is 164 Å². The lowest BCUT2D eigenvalue weighted by Gasteiger charge is -2.37. The number of hydrogen-bond acceptors (Lipinski definition) is 16. The molecule has 2 aromatic carbocycles. The molecule has 330 valence electrons. The zero-order valence-corrected chi connectivity index (χ0v) is 37.0. The maximum absolute atomic E-state index is 9.23. The lowest BCUT2D eigenvalue weighted by Crippen LogP contribution is -2.48. The minimum atomic E-state index is 0.186. The van der Waals surface area contributed by atoms with Gasteiger partial charge in [0.05, 0.1) is 25.6 Å². The van der Waals surface area contributed by atoms with Gasteiger partial charge in [-0.25, -0.2) is 9.97 Å². The van der Waals surface area contributed by atoms with Gasteiger partial charge in [0, 0.05) is 128 Å². The van der Waals surface area contributed by atoms with Crippen LogP contribution in [0.5, 0.6) is 23.0 Å². The van der Waals surface area contributed by atoms with Gasteiger partial charge in [-0.1, -0.05) is 30.1 Å². The minimum Gasteiger partial charge on any atom is -0.452 e. The highest BCUT2D eigenvalue weighted by Gasteiger charge is 2.27. The predicted molar refractivity (Wildman–Crippen MR) is 243 cm³/mol. The summed E-state index contributed by atoms with van der Waals surface area (Å²) in [5, 5.41) is 19.8. The van der Waals surface area contributed by atoms with Gasteiger partial charge in [-0.3, -0.25) is 9.80 Å². The number of β-amino-alcohol motifs (C(OH)–C–C–N with tert-alkyl or cyclic N) is 2. The van der Waals surface area contributed by atoms with E-state index in [0.29, 0.717) is 46.1 Å². The first-order valence-electron chi connectivity index (χ1n) is 21.5. The molecule has 6 heterocycles. The van der Waals surface area contributed by atoms with E-state index in [1.54, 1.807) is 12.4 Å². The highest BCUT2D eigenvalue weighted by molar-refractivity contribution is 6.30. The van der Waals surface area contributed by atoms with Gasteiger partial charge in [0.25, 0.3) is 0 Å². The maximum atomic E-state index is 9.23. The Kier molecular flexibility index (Phi) is 16.3.